The lowest BCUT2D eigenvalue weighted by Crippen LogP contribution is -2.26. The Balaban J connectivity index is 2.01. The molecule has 3 atom stereocenters. The zero-order chi connectivity index (χ0) is 15.2. The van der Waals surface area contributed by atoms with Gasteiger partial charge in [-0.3, -0.25) is 5.10 Å². The number of aryl methyl sites for hydroxylation is 1. The van der Waals surface area contributed by atoms with Gasteiger partial charge in [0, 0.05) is 23.8 Å². The molecule has 0 aliphatic heterocycles. The third kappa shape index (κ3) is 4.41. The van der Waals surface area contributed by atoms with Gasteiger partial charge in [0.15, 0.2) is 0 Å². The van der Waals surface area contributed by atoms with Gasteiger partial charge in [-0.15, -0.1) is 0 Å². The molecule has 0 amide bonds. The van der Waals surface area contributed by atoms with Crippen molar-refractivity contribution in [2.75, 3.05) is 6.54 Å². The Morgan fingerprint density at radius 1 is 1.24 bits per heavy atom. The van der Waals surface area contributed by atoms with Crippen LogP contribution < -0.4 is 5.32 Å². The summed E-state index contributed by atoms with van der Waals surface area (Å²) in [6, 6.07) is 10.6. The summed E-state index contributed by atoms with van der Waals surface area (Å²) in [7, 11) is 0. The van der Waals surface area contributed by atoms with Crippen LogP contribution >= 0.6 is 0 Å². The Kier molecular flexibility index (Phi) is 5.53. The van der Waals surface area contributed by atoms with Gasteiger partial charge in [-0.2, -0.15) is 5.10 Å². The molecule has 0 aliphatic carbocycles. The SMILES string of the molecule is Cc1[nH]ncc1C(C)NCC(CC(C)O)c1ccccc1. The van der Waals surface area contributed by atoms with Gasteiger partial charge < -0.3 is 10.4 Å². The maximum Gasteiger partial charge on any atom is 0.0537 e. The fourth-order valence-corrected chi connectivity index (χ4v) is 2.70. The summed E-state index contributed by atoms with van der Waals surface area (Å²) < 4.78 is 0. The highest BCUT2D eigenvalue weighted by Gasteiger charge is 2.16. The quantitative estimate of drug-likeness (QED) is 0.734. The molecule has 1 heterocycles. The van der Waals surface area contributed by atoms with E-state index in [1.165, 1.54) is 11.1 Å². The van der Waals surface area contributed by atoms with E-state index in [2.05, 4.69) is 34.6 Å². The molecule has 0 saturated carbocycles. The molecular weight excluding hydrogens is 262 g/mol. The van der Waals surface area contributed by atoms with Crippen molar-refractivity contribution < 1.29 is 5.11 Å². The maximum atomic E-state index is 9.73. The molecule has 0 aliphatic rings. The highest BCUT2D eigenvalue weighted by Crippen LogP contribution is 2.22. The first-order chi connectivity index (χ1) is 10.1. The summed E-state index contributed by atoms with van der Waals surface area (Å²) in [5.74, 6) is 0.306. The van der Waals surface area contributed by atoms with E-state index < -0.39 is 0 Å². The van der Waals surface area contributed by atoms with Crippen LogP contribution in [-0.4, -0.2) is 28.0 Å². The van der Waals surface area contributed by atoms with Gasteiger partial charge in [0.1, 0.15) is 0 Å². The average molecular weight is 287 g/mol. The predicted octanol–water partition coefficient (Wildman–Crippen LogP) is 2.92. The van der Waals surface area contributed by atoms with Crippen LogP contribution in [0.4, 0.5) is 0 Å². The molecule has 0 fully saturated rings. The molecule has 4 nitrogen and oxygen atoms in total. The topological polar surface area (TPSA) is 60.9 Å². The van der Waals surface area contributed by atoms with Gasteiger partial charge in [0.25, 0.3) is 0 Å². The van der Waals surface area contributed by atoms with Crippen molar-refractivity contribution in [3.8, 4) is 0 Å². The average Bonchev–Trinajstić information content (AvgIpc) is 2.90. The van der Waals surface area contributed by atoms with E-state index in [1.807, 2.05) is 38.2 Å². The molecule has 3 N–H and O–H groups in total. The highest BCUT2D eigenvalue weighted by atomic mass is 16.3. The van der Waals surface area contributed by atoms with Crippen LogP contribution in [0.5, 0.6) is 0 Å². The fraction of sp³-hybridized carbons (Fsp3) is 0.471. The van der Waals surface area contributed by atoms with Gasteiger partial charge in [-0.1, -0.05) is 30.3 Å². The largest absolute Gasteiger partial charge is 0.393 e. The first kappa shape index (κ1) is 15.7. The van der Waals surface area contributed by atoms with Crippen molar-refractivity contribution >= 4 is 0 Å². The number of H-pyrrole nitrogens is 1. The van der Waals surface area contributed by atoms with Crippen molar-refractivity contribution in [3.05, 3.63) is 53.3 Å². The van der Waals surface area contributed by atoms with E-state index in [-0.39, 0.29) is 12.1 Å². The molecule has 3 unspecified atom stereocenters. The van der Waals surface area contributed by atoms with Crippen LogP contribution in [0, 0.1) is 6.92 Å². The van der Waals surface area contributed by atoms with E-state index >= 15 is 0 Å². The molecule has 114 valence electrons. The third-order valence-electron chi connectivity index (χ3n) is 3.90. The van der Waals surface area contributed by atoms with Crippen molar-refractivity contribution in [2.45, 2.75) is 45.3 Å². The summed E-state index contributed by atoms with van der Waals surface area (Å²) in [5, 5.41) is 20.3. The zero-order valence-electron chi connectivity index (χ0n) is 13.0. The highest BCUT2D eigenvalue weighted by molar-refractivity contribution is 5.21. The lowest BCUT2D eigenvalue weighted by Gasteiger charge is -2.22. The molecule has 1 aromatic heterocycles. The van der Waals surface area contributed by atoms with Crippen LogP contribution in [0.3, 0.4) is 0 Å². The van der Waals surface area contributed by atoms with Crippen molar-refractivity contribution in [1.82, 2.24) is 15.5 Å². The maximum absolute atomic E-state index is 9.73. The number of hydrogen-bond acceptors (Lipinski definition) is 3. The van der Waals surface area contributed by atoms with Crippen molar-refractivity contribution in [2.24, 2.45) is 0 Å². The number of nitrogens with one attached hydrogen (secondary N) is 2. The zero-order valence-corrected chi connectivity index (χ0v) is 13.0. The predicted molar refractivity (Wildman–Crippen MR) is 85.2 cm³/mol. The van der Waals surface area contributed by atoms with Gasteiger partial charge >= 0.3 is 0 Å². The molecule has 4 heteroatoms. The summed E-state index contributed by atoms with van der Waals surface area (Å²) in [5.41, 5.74) is 3.56. The number of hydrogen-bond donors (Lipinski definition) is 3. The van der Waals surface area contributed by atoms with E-state index in [0.717, 1.165) is 18.7 Å². The number of aromatic amines is 1. The number of nitrogens with zero attached hydrogens (tertiary/aromatic N) is 1. The van der Waals surface area contributed by atoms with Gasteiger partial charge in [-0.25, -0.2) is 0 Å². The minimum atomic E-state index is -0.303. The van der Waals surface area contributed by atoms with E-state index in [9.17, 15) is 5.11 Å². The van der Waals surface area contributed by atoms with E-state index in [0.29, 0.717) is 5.92 Å². The van der Waals surface area contributed by atoms with Crippen molar-refractivity contribution in [1.29, 1.82) is 0 Å². The first-order valence-corrected chi connectivity index (χ1v) is 7.54. The summed E-state index contributed by atoms with van der Waals surface area (Å²) in [6.45, 7) is 6.85. The Labute approximate surface area is 126 Å². The Morgan fingerprint density at radius 3 is 2.52 bits per heavy atom. The fourth-order valence-electron chi connectivity index (χ4n) is 2.70. The minimum absolute atomic E-state index is 0.240. The Hall–Kier alpha value is -1.65. The summed E-state index contributed by atoms with van der Waals surface area (Å²) in [4.78, 5) is 0. The Morgan fingerprint density at radius 2 is 1.95 bits per heavy atom. The second-order valence-electron chi connectivity index (χ2n) is 5.77. The van der Waals surface area contributed by atoms with E-state index in [4.69, 9.17) is 0 Å². The van der Waals surface area contributed by atoms with Crippen LogP contribution in [0.1, 0.15) is 49.0 Å². The molecule has 0 saturated heterocycles. The van der Waals surface area contributed by atoms with Crippen molar-refractivity contribution in [3.63, 3.8) is 0 Å². The minimum Gasteiger partial charge on any atom is -0.393 e. The van der Waals surface area contributed by atoms with Crippen LogP contribution in [0.15, 0.2) is 36.5 Å². The number of rotatable bonds is 7. The molecule has 1 aromatic carbocycles. The van der Waals surface area contributed by atoms with Gasteiger partial charge in [-0.05, 0) is 38.7 Å². The van der Waals surface area contributed by atoms with E-state index in [1.54, 1.807) is 0 Å². The molecule has 0 bridgehead atoms. The third-order valence-corrected chi connectivity index (χ3v) is 3.90. The molecule has 0 spiro atoms. The van der Waals surface area contributed by atoms with Crippen LogP contribution in [0.25, 0.3) is 0 Å². The number of aliphatic hydroxyl groups excluding tert-OH is 1. The van der Waals surface area contributed by atoms with Crippen LogP contribution in [-0.2, 0) is 0 Å². The molecule has 2 rings (SSSR count). The molecule has 21 heavy (non-hydrogen) atoms. The number of benzene rings is 1. The lowest BCUT2D eigenvalue weighted by molar-refractivity contribution is 0.173. The normalized spacial score (nSPS) is 15.6. The molecule has 0 radical (unpaired) electrons. The second-order valence-corrected chi connectivity index (χ2v) is 5.77. The number of aromatic nitrogens is 2. The lowest BCUT2D eigenvalue weighted by atomic mass is 9.93. The van der Waals surface area contributed by atoms with Crippen LogP contribution in [0.2, 0.25) is 0 Å². The molecule has 2 aromatic rings. The standard InChI is InChI=1S/C17H25N3O/c1-12(21)9-16(15-7-5-4-6-8-15)10-18-13(2)17-11-19-20-14(17)3/h4-8,11-13,16,18,21H,9-10H2,1-3H3,(H,19,20). The molecular formula is C17H25N3O. The second kappa shape index (κ2) is 7.38. The summed E-state index contributed by atoms with van der Waals surface area (Å²) >= 11 is 0. The first-order valence-electron chi connectivity index (χ1n) is 7.54. The number of aliphatic hydroxyl groups is 1. The Bertz CT molecular complexity index is 536. The smallest absolute Gasteiger partial charge is 0.0537 e. The summed E-state index contributed by atoms with van der Waals surface area (Å²) in [6.07, 6.45) is 2.33. The monoisotopic (exact) mass is 287 g/mol. The van der Waals surface area contributed by atoms with Gasteiger partial charge in [0.2, 0.25) is 0 Å². The van der Waals surface area contributed by atoms with Gasteiger partial charge in [0.05, 0.1) is 12.3 Å².